The Labute approximate surface area is 165 Å². The molecule has 0 radical (unpaired) electrons. The number of nitrogens with zero attached hydrogens (tertiary/aromatic N) is 1. The first kappa shape index (κ1) is 18.4. The molecule has 1 saturated carbocycles. The minimum atomic E-state index is -0.310. The molecule has 1 fully saturated rings. The second-order valence-corrected chi connectivity index (χ2v) is 7.34. The number of nitrogens with one attached hydrogen (secondary N) is 2. The quantitative estimate of drug-likeness (QED) is 0.620. The van der Waals surface area contributed by atoms with Gasteiger partial charge < -0.3 is 15.4 Å². The molecule has 2 N–H and O–H groups in total. The molecule has 1 amide bonds. The summed E-state index contributed by atoms with van der Waals surface area (Å²) in [6, 6.07) is 15.8. The molecule has 1 heterocycles. The van der Waals surface area contributed by atoms with Gasteiger partial charge in [0.1, 0.15) is 12.4 Å². The highest BCUT2D eigenvalue weighted by molar-refractivity contribution is 5.97. The predicted octanol–water partition coefficient (Wildman–Crippen LogP) is 3.56. The molecule has 5 heteroatoms. The van der Waals surface area contributed by atoms with Crippen LogP contribution >= 0.6 is 0 Å². The van der Waals surface area contributed by atoms with Crippen molar-refractivity contribution in [3.8, 4) is 5.75 Å². The van der Waals surface area contributed by atoms with Crippen LogP contribution in [0.2, 0.25) is 0 Å². The number of fused-ring (bicyclic) bond motifs is 1. The van der Waals surface area contributed by atoms with Crippen LogP contribution in [-0.4, -0.2) is 31.1 Å². The van der Waals surface area contributed by atoms with E-state index in [1.807, 2.05) is 50.4 Å². The smallest absolute Gasteiger partial charge is 0.252 e. The van der Waals surface area contributed by atoms with Crippen LogP contribution in [0.1, 0.15) is 34.3 Å². The molecule has 4 rings (SSSR count). The van der Waals surface area contributed by atoms with Gasteiger partial charge in [-0.25, -0.2) is 0 Å². The number of carbonyl (C=O) groups excluding carboxylic acids is 1. The van der Waals surface area contributed by atoms with Crippen molar-refractivity contribution in [2.75, 3.05) is 20.2 Å². The molecule has 0 spiro atoms. The molecule has 0 bridgehead atoms. The molecule has 5 nitrogen and oxygen atoms in total. The summed E-state index contributed by atoms with van der Waals surface area (Å²) in [5, 5.41) is 7.44. The van der Waals surface area contributed by atoms with E-state index < -0.39 is 0 Å². The first-order valence-corrected chi connectivity index (χ1v) is 9.68. The molecule has 0 saturated heterocycles. The summed E-state index contributed by atoms with van der Waals surface area (Å²) in [6.45, 7) is 3.27. The van der Waals surface area contributed by atoms with Crippen molar-refractivity contribution in [1.29, 1.82) is 0 Å². The molecule has 0 aliphatic heterocycles. The predicted molar refractivity (Wildman–Crippen MR) is 111 cm³/mol. The van der Waals surface area contributed by atoms with Crippen LogP contribution in [0.5, 0.6) is 5.75 Å². The molecule has 144 valence electrons. The maximum absolute atomic E-state index is 13.1. The Hall–Kier alpha value is -2.92. The van der Waals surface area contributed by atoms with Gasteiger partial charge in [0.05, 0.1) is 11.1 Å². The monoisotopic (exact) mass is 375 g/mol. The summed E-state index contributed by atoms with van der Waals surface area (Å²) < 4.78 is 5.73. The first-order valence-electron chi connectivity index (χ1n) is 9.68. The summed E-state index contributed by atoms with van der Waals surface area (Å²) in [5.74, 6) is 0.653. The zero-order valence-corrected chi connectivity index (χ0v) is 16.3. The molecule has 1 aliphatic carbocycles. The fraction of sp³-hybridized carbons (Fsp3) is 0.304. The van der Waals surface area contributed by atoms with E-state index in [1.165, 1.54) is 0 Å². The Morgan fingerprint density at radius 2 is 2.04 bits per heavy atom. The van der Waals surface area contributed by atoms with Gasteiger partial charge in [0.2, 0.25) is 0 Å². The first-order chi connectivity index (χ1) is 13.6. The third kappa shape index (κ3) is 3.58. The molecule has 0 unspecified atom stereocenters. The van der Waals surface area contributed by atoms with E-state index in [4.69, 9.17) is 4.74 Å². The van der Waals surface area contributed by atoms with Gasteiger partial charge in [0.25, 0.3) is 5.91 Å². The summed E-state index contributed by atoms with van der Waals surface area (Å²) in [5.41, 5.74) is 3.39. The number of rotatable bonds is 7. The topological polar surface area (TPSA) is 63.2 Å². The maximum Gasteiger partial charge on any atom is 0.252 e. The Kier molecular flexibility index (Phi) is 5.01. The number of likely N-dealkylation sites (N-methyl/N-ethyl adjacent to an activating group) is 1. The fourth-order valence-electron chi connectivity index (χ4n) is 3.60. The lowest BCUT2D eigenvalue weighted by atomic mass is 9.98. The van der Waals surface area contributed by atoms with E-state index in [9.17, 15) is 4.79 Å². The van der Waals surface area contributed by atoms with Crippen LogP contribution in [0.25, 0.3) is 10.9 Å². The minimum absolute atomic E-state index is 0.0602. The molecule has 0 atom stereocenters. The largest absolute Gasteiger partial charge is 0.492 e. The number of pyridine rings is 1. The molecule has 28 heavy (non-hydrogen) atoms. The second-order valence-electron chi connectivity index (χ2n) is 7.34. The average molecular weight is 375 g/mol. The average Bonchev–Trinajstić information content (AvgIpc) is 3.49. The van der Waals surface area contributed by atoms with Crippen LogP contribution in [0.4, 0.5) is 0 Å². The van der Waals surface area contributed by atoms with Gasteiger partial charge in [-0.2, -0.15) is 0 Å². The number of ether oxygens (including phenoxy) is 1. The molecule has 3 aromatic rings. The third-order valence-electron chi connectivity index (χ3n) is 5.34. The van der Waals surface area contributed by atoms with Gasteiger partial charge in [-0.05, 0) is 62.2 Å². The van der Waals surface area contributed by atoms with Crippen molar-refractivity contribution in [2.45, 2.75) is 25.3 Å². The molecular formula is C23H25N3O2. The number of amides is 1. The lowest BCUT2D eigenvalue weighted by Crippen LogP contribution is -2.35. The van der Waals surface area contributed by atoms with Crippen molar-refractivity contribution in [2.24, 2.45) is 0 Å². The summed E-state index contributed by atoms with van der Waals surface area (Å²) >= 11 is 0. The van der Waals surface area contributed by atoms with E-state index in [-0.39, 0.29) is 11.4 Å². The van der Waals surface area contributed by atoms with Crippen molar-refractivity contribution >= 4 is 16.8 Å². The van der Waals surface area contributed by atoms with Gasteiger partial charge >= 0.3 is 0 Å². The number of hydrogen-bond donors (Lipinski definition) is 2. The van der Waals surface area contributed by atoms with Crippen molar-refractivity contribution in [3.05, 3.63) is 71.4 Å². The fourth-order valence-corrected chi connectivity index (χ4v) is 3.60. The van der Waals surface area contributed by atoms with Crippen LogP contribution in [0.15, 0.2) is 54.7 Å². The van der Waals surface area contributed by atoms with E-state index in [0.29, 0.717) is 17.9 Å². The van der Waals surface area contributed by atoms with Crippen molar-refractivity contribution in [1.82, 2.24) is 15.6 Å². The van der Waals surface area contributed by atoms with E-state index >= 15 is 0 Å². The van der Waals surface area contributed by atoms with Gasteiger partial charge in [-0.3, -0.25) is 9.78 Å². The lowest BCUT2D eigenvalue weighted by Gasteiger charge is -2.21. The number of aromatic nitrogens is 1. The highest BCUT2D eigenvalue weighted by Crippen LogP contribution is 2.48. The van der Waals surface area contributed by atoms with Crippen LogP contribution in [0.3, 0.4) is 0 Å². The summed E-state index contributed by atoms with van der Waals surface area (Å²) in [6.07, 6.45) is 3.67. The van der Waals surface area contributed by atoms with Gasteiger partial charge in [0.15, 0.2) is 0 Å². The van der Waals surface area contributed by atoms with Crippen molar-refractivity contribution < 1.29 is 9.53 Å². The molecule has 1 aromatic heterocycles. The second kappa shape index (κ2) is 7.60. The van der Waals surface area contributed by atoms with Crippen molar-refractivity contribution in [3.63, 3.8) is 0 Å². The number of carbonyl (C=O) groups is 1. The SMILES string of the molecule is CNCCOc1ccc(C)c(C(=O)NC2(c3cccc4ncccc34)CC2)c1. The Balaban J connectivity index is 1.59. The maximum atomic E-state index is 13.1. The van der Waals surface area contributed by atoms with Gasteiger partial charge in [0, 0.05) is 23.7 Å². The zero-order chi connectivity index (χ0) is 19.6. The summed E-state index contributed by atoms with van der Waals surface area (Å²) in [4.78, 5) is 17.6. The Morgan fingerprint density at radius 1 is 1.18 bits per heavy atom. The summed E-state index contributed by atoms with van der Waals surface area (Å²) in [7, 11) is 1.88. The van der Waals surface area contributed by atoms with Crippen LogP contribution in [0, 0.1) is 6.92 Å². The van der Waals surface area contributed by atoms with Crippen LogP contribution < -0.4 is 15.4 Å². The Bertz CT molecular complexity index is 1010. The van der Waals surface area contributed by atoms with Crippen LogP contribution in [-0.2, 0) is 5.54 Å². The van der Waals surface area contributed by atoms with Gasteiger partial charge in [-0.15, -0.1) is 0 Å². The number of aryl methyl sites for hydroxylation is 1. The molecule has 2 aromatic carbocycles. The normalized spacial score (nSPS) is 14.6. The van der Waals surface area contributed by atoms with E-state index in [0.717, 1.165) is 41.4 Å². The molecule has 1 aliphatic rings. The third-order valence-corrected chi connectivity index (χ3v) is 5.34. The Morgan fingerprint density at radius 3 is 2.82 bits per heavy atom. The van der Waals surface area contributed by atoms with E-state index in [1.54, 1.807) is 6.20 Å². The molecular weight excluding hydrogens is 350 g/mol. The standard InChI is InChI=1S/C23H25N3O2/c1-16-8-9-17(28-14-13-24-2)15-19(16)22(27)26-23(10-11-23)20-6-3-7-21-18(20)5-4-12-25-21/h3-9,12,15,24H,10-11,13-14H2,1-2H3,(H,26,27). The number of benzene rings is 2. The highest BCUT2D eigenvalue weighted by atomic mass is 16.5. The highest BCUT2D eigenvalue weighted by Gasteiger charge is 2.46. The number of hydrogen-bond acceptors (Lipinski definition) is 4. The van der Waals surface area contributed by atoms with Gasteiger partial charge in [-0.1, -0.05) is 24.3 Å². The zero-order valence-electron chi connectivity index (χ0n) is 16.3. The minimum Gasteiger partial charge on any atom is -0.492 e. The van der Waals surface area contributed by atoms with E-state index in [2.05, 4.69) is 27.8 Å². The lowest BCUT2D eigenvalue weighted by molar-refractivity contribution is 0.0930.